The number of ketones is 1. The van der Waals surface area contributed by atoms with Crippen molar-refractivity contribution < 1.29 is 13.2 Å². The van der Waals surface area contributed by atoms with Gasteiger partial charge in [0.15, 0.2) is 5.78 Å². The van der Waals surface area contributed by atoms with E-state index >= 15 is 0 Å². The lowest BCUT2D eigenvalue weighted by Crippen LogP contribution is -2.41. The maximum absolute atomic E-state index is 13.2. The second kappa shape index (κ2) is 8.77. The Morgan fingerprint density at radius 3 is 2.46 bits per heavy atom. The van der Waals surface area contributed by atoms with Crippen molar-refractivity contribution in [2.45, 2.75) is 23.8 Å². The van der Waals surface area contributed by atoms with E-state index in [0.717, 1.165) is 12.8 Å². The second-order valence-corrected chi connectivity index (χ2v) is 8.02. The van der Waals surface area contributed by atoms with E-state index in [4.69, 9.17) is 0 Å². The standard InChI is InChI=1S/C19H22N2O3S.ClH/c1-20-14-16-10-7-13-21(16)25(23,24)18-12-6-5-11-17(18)19(22)15-8-3-2-4-9-15;/h2-6,8-9,11-12,16,20H,7,10,13-14H2,1H3;1H. The van der Waals surface area contributed by atoms with Crippen LogP contribution < -0.4 is 5.32 Å². The fraction of sp³-hybridized carbons (Fsp3) is 0.316. The number of likely N-dealkylation sites (N-methyl/N-ethyl adjacent to an activating group) is 1. The molecule has 0 spiro atoms. The molecule has 3 rings (SSSR count). The smallest absolute Gasteiger partial charge is 0.244 e. The van der Waals surface area contributed by atoms with E-state index in [0.29, 0.717) is 18.7 Å². The van der Waals surface area contributed by atoms with Crippen molar-refractivity contribution >= 4 is 28.2 Å². The van der Waals surface area contributed by atoms with E-state index in [1.807, 2.05) is 13.1 Å². The Labute approximate surface area is 160 Å². The molecule has 26 heavy (non-hydrogen) atoms. The highest BCUT2D eigenvalue weighted by molar-refractivity contribution is 7.89. The second-order valence-electron chi connectivity index (χ2n) is 6.16. The number of carbonyl (C=O) groups excluding carboxylic acids is 1. The van der Waals surface area contributed by atoms with E-state index in [1.165, 1.54) is 10.4 Å². The van der Waals surface area contributed by atoms with Crippen LogP contribution in [0.3, 0.4) is 0 Å². The zero-order valence-corrected chi connectivity index (χ0v) is 16.2. The molecule has 0 amide bonds. The first kappa shape index (κ1) is 20.6. The summed E-state index contributed by atoms with van der Waals surface area (Å²) in [6, 6.07) is 15.2. The topological polar surface area (TPSA) is 66.5 Å². The number of carbonyl (C=O) groups is 1. The highest BCUT2D eigenvalue weighted by Crippen LogP contribution is 2.28. The lowest BCUT2D eigenvalue weighted by Gasteiger charge is -2.24. The minimum Gasteiger partial charge on any atom is -0.318 e. The third-order valence-corrected chi connectivity index (χ3v) is 6.53. The molecule has 0 radical (unpaired) electrons. The van der Waals surface area contributed by atoms with Gasteiger partial charge in [-0.1, -0.05) is 42.5 Å². The first-order valence-corrected chi connectivity index (χ1v) is 9.85. The minimum atomic E-state index is -3.72. The molecule has 0 aliphatic carbocycles. The molecular weight excluding hydrogens is 372 g/mol. The van der Waals surface area contributed by atoms with Gasteiger partial charge in [-0.15, -0.1) is 12.4 Å². The van der Waals surface area contributed by atoms with Gasteiger partial charge in [0, 0.05) is 30.3 Å². The zero-order chi connectivity index (χ0) is 17.9. The largest absolute Gasteiger partial charge is 0.318 e. The molecule has 1 heterocycles. The van der Waals surface area contributed by atoms with Crippen molar-refractivity contribution in [2.75, 3.05) is 20.1 Å². The summed E-state index contributed by atoms with van der Waals surface area (Å²) in [5, 5.41) is 3.05. The van der Waals surface area contributed by atoms with Crippen LogP contribution in [0.5, 0.6) is 0 Å². The number of benzene rings is 2. The van der Waals surface area contributed by atoms with Gasteiger partial charge in [-0.05, 0) is 32.0 Å². The maximum atomic E-state index is 13.2. The molecule has 1 fully saturated rings. The van der Waals surface area contributed by atoms with Gasteiger partial charge in [0.2, 0.25) is 10.0 Å². The van der Waals surface area contributed by atoms with E-state index < -0.39 is 10.0 Å². The minimum absolute atomic E-state index is 0. The van der Waals surface area contributed by atoms with Crippen LogP contribution >= 0.6 is 12.4 Å². The Morgan fingerprint density at radius 1 is 1.12 bits per heavy atom. The predicted molar refractivity (Wildman–Crippen MR) is 104 cm³/mol. The number of halogens is 1. The molecule has 1 N–H and O–H groups in total. The molecule has 0 saturated carbocycles. The average Bonchev–Trinajstić information content (AvgIpc) is 3.11. The van der Waals surface area contributed by atoms with Gasteiger partial charge in [-0.3, -0.25) is 4.79 Å². The quantitative estimate of drug-likeness (QED) is 0.765. The van der Waals surface area contributed by atoms with Crippen LogP contribution in [0.2, 0.25) is 0 Å². The van der Waals surface area contributed by atoms with Crippen molar-refractivity contribution in [1.29, 1.82) is 0 Å². The predicted octanol–water partition coefficient (Wildman–Crippen LogP) is 2.71. The maximum Gasteiger partial charge on any atom is 0.244 e. The highest BCUT2D eigenvalue weighted by Gasteiger charge is 2.36. The van der Waals surface area contributed by atoms with Gasteiger partial charge in [-0.25, -0.2) is 8.42 Å². The molecule has 1 aliphatic rings. The van der Waals surface area contributed by atoms with Crippen LogP contribution in [0, 0.1) is 0 Å². The van der Waals surface area contributed by atoms with Crippen molar-refractivity contribution in [3.05, 3.63) is 65.7 Å². The molecular formula is C19H23ClN2O3S. The van der Waals surface area contributed by atoms with E-state index in [-0.39, 0.29) is 34.7 Å². The van der Waals surface area contributed by atoms with Crippen molar-refractivity contribution in [3.63, 3.8) is 0 Å². The third-order valence-electron chi connectivity index (χ3n) is 4.52. The van der Waals surface area contributed by atoms with Crippen LogP contribution in [-0.2, 0) is 10.0 Å². The SMILES string of the molecule is CNCC1CCCN1S(=O)(=O)c1ccccc1C(=O)c1ccccc1.Cl. The van der Waals surface area contributed by atoms with E-state index in [1.54, 1.807) is 42.5 Å². The number of sulfonamides is 1. The summed E-state index contributed by atoms with van der Waals surface area (Å²) in [7, 11) is -1.91. The normalized spacial score (nSPS) is 17.7. The Bertz CT molecular complexity index is 856. The lowest BCUT2D eigenvalue weighted by molar-refractivity contribution is 0.103. The summed E-state index contributed by atoms with van der Waals surface area (Å²) >= 11 is 0. The summed E-state index contributed by atoms with van der Waals surface area (Å²) in [5.41, 5.74) is 0.710. The lowest BCUT2D eigenvalue weighted by atomic mass is 10.0. The summed E-state index contributed by atoms with van der Waals surface area (Å²) in [6.07, 6.45) is 1.66. The Kier molecular flexibility index (Phi) is 6.94. The number of hydrogen-bond donors (Lipinski definition) is 1. The van der Waals surface area contributed by atoms with Gasteiger partial charge >= 0.3 is 0 Å². The highest BCUT2D eigenvalue weighted by atomic mass is 35.5. The van der Waals surface area contributed by atoms with E-state index in [9.17, 15) is 13.2 Å². The molecule has 1 saturated heterocycles. The van der Waals surface area contributed by atoms with Crippen molar-refractivity contribution in [2.24, 2.45) is 0 Å². The third kappa shape index (κ3) is 3.99. The van der Waals surface area contributed by atoms with Gasteiger partial charge in [0.1, 0.15) is 0 Å². The fourth-order valence-corrected chi connectivity index (χ4v) is 5.20. The number of hydrogen-bond acceptors (Lipinski definition) is 4. The molecule has 1 unspecified atom stereocenters. The molecule has 7 heteroatoms. The Morgan fingerprint density at radius 2 is 1.77 bits per heavy atom. The van der Waals surface area contributed by atoms with Crippen molar-refractivity contribution in [3.8, 4) is 0 Å². The van der Waals surface area contributed by atoms with Gasteiger partial charge in [0.05, 0.1) is 4.90 Å². The number of nitrogens with zero attached hydrogens (tertiary/aromatic N) is 1. The van der Waals surface area contributed by atoms with Crippen LogP contribution in [-0.4, -0.2) is 44.7 Å². The van der Waals surface area contributed by atoms with Gasteiger partial charge in [0.25, 0.3) is 0 Å². The molecule has 1 aliphatic heterocycles. The molecule has 1 atom stereocenters. The van der Waals surface area contributed by atoms with Gasteiger partial charge < -0.3 is 5.32 Å². The van der Waals surface area contributed by atoms with Crippen LogP contribution in [0.1, 0.15) is 28.8 Å². The van der Waals surface area contributed by atoms with Crippen LogP contribution in [0.25, 0.3) is 0 Å². The number of rotatable bonds is 6. The molecule has 2 aromatic rings. The molecule has 140 valence electrons. The van der Waals surface area contributed by atoms with Crippen molar-refractivity contribution in [1.82, 2.24) is 9.62 Å². The Balaban J connectivity index is 0.00000243. The average molecular weight is 395 g/mol. The monoisotopic (exact) mass is 394 g/mol. The van der Waals surface area contributed by atoms with Gasteiger partial charge in [-0.2, -0.15) is 4.31 Å². The molecule has 0 bridgehead atoms. The molecule has 0 aromatic heterocycles. The molecule has 2 aromatic carbocycles. The fourth-order valence-electron chi connectivity index (χ4n) is 3.32. The summed E-state index contributed by atoms with van der Waals surface area (Å²) < 4.78 is 28.0. The Hall–Kier alpha value is -1.73. The molecule has 5 nitrogen and oxygen atoms in total. The summed E-state index contributed by atoms with van der Waals surface area (Å²) in [6.45, 7) is 1.09. The summed E-state index contributed by atoms with van der Waals surface area (Å²) in [5.74, 6) is -0.274. The first-order chi connectivity index (χ1) is 12.1. The number of nitrogens with one attached hydrogen (secondary N) is 1. The van der Waals surface area contributed by atoms with Crippen LogP contribution in [0.4, 0.5) is 0 Å². The van der Waals surface area contributed by atoms with Crippen LogP contribution in [0.15, 0.2) is 59.5 Å². The summed E-state index contributed by atoms with van der Waals surface area (Å²) in [4.78, 5) is 12.9. The zero-order valence-electron chi connectivity index (χ0n) is 14.6. The van der Waals surface area contributed by atoms with E-state index in [2.05, 4.69) is 5.32 Å². The first-order valence-electron chi connectivity index (χ1n) is 8.41.